The Kier molecular flexibility index (Phi) is 4.22. The smallest absolute Gasteiger partial charge is 0.391 e. The third-order valence-corrected chi connectivity index (χ3v) is 4.37. The van der Waals surface area contributed by atoms with Gasteiger partial charge in [0.1, 0.15) is 5.56 Å². The van der Waals surface area contributed by atoms with Crippen molar-refractivity contribution < 1.29 is 9.53 Å². The molecule has 1 aliphatic heterocycles. The zero-order valence-electron chi connectivity index (χ0n) is 14.6. The summed E-state index contributed by atoms with van der Waals surface area (Å²) in [6.45, 7) is 9.62. The molecule has 128 valence electrons. The summed E-state index contributed by atoms with van der Waals surface area (Å²) < 4.78 is 8.99. The number of carbonyl (C=O) groups excluding carboxylic acids is 1. The lowest BCUT2D eigenvalue weighted by atomic mass is 9.95. The Balaban J connectivity index is 2.22. The van der Waals surface area contributed by atoms with Crippen LogP contribution in [0.5, 0.6) is 5.88 Å². The molecule has 0 radical (unpaired) electrons. The van der Waals surface area contributed by atoms with Crippen LogP contribution in [-0.4, -0.2) is 22.0 Å². The fourth-order valence-corrected chi connectivity index (χ4v) is 3.54. The Morgan fingerprint density at radius 2 is 1.75 bits per heavy atom. The number of nitrogens with one attached hydrogen (secondary N) is 1. The highest BCUT2D eigenvalue weighted by Gasteiger charge is 2.29. The van der Waals surface area contributed by atoms with Crippen molar-refractivity contribution in [2.45, 2.75) is 47.2 Å². The zero-order valence-corrected chi connectivity index (χ0v) is 14.6. The van der Waals surface area contributed by atoms with Gasteiger partial charge in [0.25, 0.3) is 5.56 Å². The van der Waals surface area contributed by atoms with Gasteiger partial charge in [0, 0.05) is 19.6 Å². The number of aryl methyl sites for hydroxylation is 3. The molecule has 1 aromatic heterocycles. The largest absolute Gasteiger partial charge is 0.413 e. The maximum atomic E-state index is 12.9. The SMILES string of the molecule is CCNC(=O)Oc1c(-c2c(C)cc(C)cc2C)c(=O)n2n1CCC2. The van der Waals surface area contributed by atoms with E-state index in [1.807, 2.05) is 39.8 Å². The molecule has 1 amide bonds. The van der Waals surface area contributed by atoms with Crippen LogP contribution < -0.4 is 15.6 Å². The maximum absolute atomic E-state index is 12.9. The summed E-state index contributed by atoms with van der Waals surface area (Å²) in [7, 11) is 0. The van der Waals surface area contributed by atoms with Crippen LogP contribution in [0.4, 0.5) is 4.79 Å². The molecule has 1 aliphatic rings. The second kappa shape index (κ2) is 6.19. The molecule has 0 fully saturated rings. The third-order valence-electron chi connectivity index (χ3n) is 4.37. The van der Waals surface area contributed by atoms with E-state index in [0.29, 0.717) is 31.1 Å². The van der Waals surface area contributed by atoms with Gasteiger partial charge in [-0.15, -0.1) is 0 Å². The second-order valence-corrected chi connectivity index (χ2v) is 6.28. The predicted molar refractivity (Wildman–Crippen MR) is 92.7 cm³/mol. The van der Waals surface area contributed by atoms with Crippen LogP contribution in [0, 0.1) is 20.8 Å². The van der Waals surface area contributed by atoms with Gasteiger partial charge in [-0.2, -0.15) is 0 Å². The lowest BCUT2D eigenvalue weighted by Gasteiger charge is -2.13. The Hall–Kier alpha value is -2.50. The van der Waals surface area contributed by atoms with E-state index >= 15 is 0 Å². The molecule has 0 aliphatic carbocycles. The fraction of sp³-hybridized carbons (Fsp3) is 0.444. The van der Waals surface area contributed by atoms with E-state index < -0.39 is 6.09 Å². The Morgan fingerprint density at radius 3 is 2.38 bits per heavy atom. The number of nitrogens with zero attached hydrogens (tertiary/aromatic N) is 2. The van der Waals surface area contributed by atoms with Crippen molar-refractivity contribution in [1.82, 2.24) is 14.7 Å². The number of carbonyl (C=O) groups is 1. The van der Waals surface area contributed by atoms with Crippen molar-refractivity contribution in [3.8, 4) is 17.0 Å². The molecule has 0 saturated heterocycles. The summed E-state index contributed by atoms with van der Waals surface area (Å²) in [4.78, 5) is 24.9. The normalized spacial score (nSPS) is 13.0. The molecular formula is C18H23N3O3. The van der Waals surface area contributed by atoms with E-state index in [-0.39, 0.29) is 5.56 Å². The van der Waals surface area contributed by atoms with E-state index in [0.717, 1.165) is 28.7 Å². The highest BCUT2D eigenvalue weighted by molar-refractivity contribution is 5.79. The van der Waals surface area contributed by atoms with Gasteiger partial charge in [-0.3, -0.25) is 9.48 Å². The van der Waals surface area contributed by atoms with Crippen molar-refractivity contribution in [2.24, 2.45) is 0 Å². The van der Waals surface area contributed by atoms with Gasteiger partial charge in [-0.05, 0) is 50.8 Å². The van der Waals surface area contributed by atoms with Gasteiger partial charge in [0.2, 0.25) is 5.88 Å². The summed E-state index contributed by atoms with van der Waals surface area (Å²) in [6.07, 6.45) is 0.335. The van der Waals surface area contributed by atoms with Crippen molar-refractivity contribution in [3.05, 3.63) is 39.2 Å². The minimum Gasteiger partial charge on any atom is -0.391 e. The number of aromatic nitrogens is 2. The van der Waals surface area contributed by atoms with E-state index in [2.05, 4.69) is 5.32 Å². The molecule has 0 bridgehead atoms. The molecule has 0 spiro atoms. The second-order valence-electron chi connectivity index (χ2n) is 6.28. The van der Waals surface area contributed by atoms with Gasteiger partial charge < -0.3 is 10.1 Å². The minimum atomic E-state index is -0.533. The van der Waals surface area contributed by atoms with Gasteiger partial charge in [0.05, 0.1) is 0 Å². The van der Waals surface area contributed by atoms with E-state index in [1.54, 1.807) is 9.36 Å². The van der Waals surface area contributed by atoms with E-state index in [4.69, 9.17) is 4.74 Å². The lowest BCUT2D eigenvalue weighted by molar-refractivity contribution is 0.196. The standard InChI is InChI=1S/C18H23N3O3/c1-5-19-18(23)24-17-15(16(22)20-7-6-8-21(17)20)14-12(3)9-11(2)10-13(14)4/h9-10H,5-8H2,1-4H3,(H,19,23). The number of fused-ring (bicyclic) bond motifs is 1. The topological polar surface area (TPSA) is 65.3 Å². The average molecular weight is 329 g/mol. The lowest BCUT2D eigenvalue weighted by Crippen LogP contribution is -2.27. The predicted octanol–water partition coefficient (Wildman–Crippen LogP) is 2.75. The summed E-state index contributed by atoms with van der Waals surface area (Å²) >= 11 is 0. The molecule has 1 N–H and O–H groups in total. The number of hydrogen-bond donors (Lipinski definition) is 1. The molecular weight excluding hydrogens is 306 g/mol. The van der Waals surface area contributed by atoms with Crippen LogP contribution in [0.15, 0.2) is 16.9 Å². The quantitative estimate of drug-likeness (QED) is 0.941. The number of amides is 1. The summed E-state index contributed by atoms with van der Waals surface area (Å²) in [6, 6.07) is 4.09. The fourth-order valence-electron chi connectivity index (χ4n) is 3.54. The third kappa shape index (κ3) is 2.62. The van der Waals surface area contributed by atoms with Crippen LogP contribution in [-0.2, 0) is 13.1 Å². The average Bonchev–Trinajstić information content (AvgIpc) is 3.05. The Labute approximate surface area is 141 Å². The van der Waals surface area contributed by atoms with Crippen LogP contribution in [0.1, 0.15) is 30.0 Å². The van der Waals surface area contributed by atoms with Crippen LogP contribution >= 0.6 is 0 Å². The zero-order chi connectivity index (χ0) is 17.4. The van der Waals surface area contributed by atoms with E-state index in [9.17, 15) is 9.59 Å². The monoisotopic (exact) mass is 329 g/mol. The molecule has 24 heavy (non-hydrogen) atoms. The van der Waals surface area contributed by atoms with Crippen LogP contribution in [0.25, 0.3) is 11.1 Å². The van der Waals surface area contributed by atoms with Gasteiger partial charge >= 0.3 is 6.09 Å². The molecule has 6 heteroatoms. The summed E-state index contributed by atoms with van der Waals surface area (Å²) in [5, 5.41) is 2.63. The van der Waals surface area contributed by atoms with Crippen LogP contribution in [0.2, 0.25) is 0 Å². The molecule has 3 rings (SSSR count). The molecule has 1 aromatic carbocycles. The van der Waals surface area contributed by atoms with Crippen molar-refractivity contribution >= 4 is 6.09 Å². The number of benzene rings is 1. The van der Waals surface area contributed by atoms with Crippen molar-refractivity contribution in [2.75, 3.05) is 6.54 Å². The molecule has 2 heterocycles. The first kappa shape index (κ1) is 16.4. The first-order chi connectivity index (χ1) is 11.4. The van der Waals surface area contributed by atoms with Gasteiger partial charge in [0.15, 0.2) is 0 Å². The van der Waals surface area contributed by atoms with Gasteiger partial charge in [-0.1, -0.05) is 17.7 Å². The highest BCUT2D eigenvalue weighted by atomic mass is 16.6. The van der Waals surface area contributed by atoms with E-state index in [1.165, 1.54) is 0 Å². The van der Waals surface area contributed by atoms with Gasteiger partial charge in [-0.25, -0.2) is 9.48 Å². The van der Waals surface area contributed by atoms with Crippen molar-refractivity contribution in [3.63, 3.8) is 0 Å². The highest BCUT2D eigenvalue weighted by Crippen LogP contribution is 2.35. The first-order valence-corrected chi connectivity index (χ1v) is 8.31. The molecule has 0 atom stereocenters. The Bertz CT molecular complexity index is 838. The first-order valence-electron chi connectivity index (χ1n) is 8.31. The minimum absolute atomic E-state index is 0.0955. The molecule has 0 saturated carbocycles. The van der Waals surface area contributed by atoms with Crippen molar-refractivity contribution in [1.29, 1.82) is 0 Å². The molecule has 6 nitrogen and oxygen atoms in total. The summed E-state index contributed by atoms with van der Waals surface area (Å²) in [5.41, 5.74) is 4.41. The number of ether oxygens (including phenoxy) is 1. The summed E-state index contributed by atoms with van der Waals surface area (Å²) in [5.74, 6) is 0.346. The number of rotatable bonds is 3. The molecule has 2 aromatic rings. The Morgan fingerprint density at radius 1 is 1.12 bits per heavy atom. The molecule has 0 unspecified atom stereocenters. The number of hydrogen-bond acceptors (Lipinski definition) is 3. The maximum Gasteiger partial charge on any atom is 0.413 e. The van der Waals surface area contributed by atoms with Crippen LogP contribution in [0.3, 0.4) is 0 Å².